The number of carbonyl (C=O) groups excluding carboxylic acids is 2. The number of allylic oxidation sites excluding steroid dienone is 1. The molecule has 0 saturated carbocycles. The molecule has 20 heavy (non-hydrogen) atoms. The lowest BCUT2D eigenvalue weighted by Crippen LogP contribution is -2.32. The Morgan fingerprint density at radius 1 is 1.10 bits per heavy atom. The average Bonchev–Trinajstić information content (AvgIpc) is 2.40. The molecule has 0 fully saturated rings. The van der Waals surface area contributed by atoms with Crippen molar-refractivity contribution in [3.05, 3.63) is 24.3 Å². The SMILES string of the molecule is C=C(C)C(=O)C[C@@H](CC)CCCN(CC)C(=O)C(=C)C. The first-order valence-corrected chi connectivity index (χ1v) is 7.46. The molecule has 0 aliphatic carbocycles. The number of Topliss-reactive ketones (excluding diaryl/α,β-unsaturated/α-hetero) is 1. The van der Waals surface area contributed by atoms with E-state index >= 15 is 0 Å². The quantitative estimate of drug-likeness (QED) is 0.571. The maximum atomic E-state index is 11.8. The third-order valence-electron chi connectivity index (χ3n) is 3.60. The van der Waals surface area contributed by atoms with Gasteiger partial charge in [0.2, 0.25) is 5.91 Å². The van der Waals surface area contributed by atoms with Crippen LogP contribution in [0.15, 0.2) is 24.3 Å². The highest BCUT2D eigenvalue weighted by atomic mass is 16.2. The summed E-state index contributed by atoms with van der Waals surface area (Å²) in [5, 5.41) is 0. The van der Waals surface area contributed by atoms with Crippen molar-refractivity contribution in [2.75, 3.05) is 13.1 Å². The summed E-state index contributed by atoms with van der Waals surface area (Å²) in [6.07, 6.45) is 3.45. The van der Waals surface area contributed by atoms with Crippen molar-refractivity contribution >= 4 is 11.7 Å². The Morgan fingerprint density at radius 2 is 1.70 bits per heavy atom. The lowest BCUT2D eigenvalue weighted by molar-refractivity contribution is -0.127. The summed E-state index contributed by atoms with van der Waals surface area (Å²) in [6, 6.07) is 0. The van der Waals surface area contributed by atoms with E-state index < -0.39 is 0 Å². The van der Waals surface area contributed by atoms with Gasteiger partial charge >= 0.3 is 0 Å². The lowest BCUT2D eigenvalue weighted by Gasteiger charge is -2.22. The molecule has 114 valence electrons. The zero-order valence-corrected chi connectivity index (χ0v) is 13.5. The maximum absolute atomic E-state index is 11.8. The minimum atomic E-state index is 0.0264. The zero-order valence-electron chi connectivity index (χ0n) is 13.5. The van der Waals surface area contributed by atoms with Crippen LogP contribution in [0, 0.1) is 5.92 Å². The van der Waals surface area contributed by atoms with Crippen LogP contribution in [0.25, 0.3) is 0 Å². The summed E-state index contributed by atoms with van der Waals surface area (Å²) in [6.45, 7) is 16.4. The summed E-state index contributed by atoms with van der Waals surface area (Å²) >= 11 is 0. The van der Waals surface area contributed by atoms with Gasteiger partial charge in [0.25, 0.3) is 0 Å². The molecule has 0 aliphatic rings. The second-order valence-corrected chi connectivity index (χ2v) is 5.49. The highest BCUT2D eigenvalue weighted by Crippen LogP contribution is 2.18. The summed E-state index contributed by atoms with van der Waals surface area (Å²) in [5.74, 6) is 0.568. The Bertz CT molecular complexity index is 371. The summed E-state index contributed by atoms with van der Waals surface area (Å²) in [7, 11) is 0. The molecule has 3 heteroatoms. The molecular formula is C17H29NO2. The predicted octanol–water partition coefficient (Wildman–Crippen LogP) is 3.75. The topological polar surface area (TPSA) is 37.4 Å². The lowest BCUT2D eigenvalue weighted by atomic mass is 9.92. The van der Waals surface area contributed by atoms with Gasteiger partial charge in [0.1, 0.15) is 0 Å². The summed E-state index contributed by atoms with van der Waals surface area (Å²) < 4.78 is 0. The van der Waals surface area contributed by atoms with Gasteiger partial charge in [0.15, 0.2) is 5.78 Å². The fourth-order valence-corrected chi connectivity index (χ4v) is 2.13. The monoisotopic (exact) mass is 279 g/mol. The molecule has 0 radical (unpaired) electrons. The third kappa shape index (κ3) is 6.69. The molecule has 0 aromatic carbocycles. The second-order valence-electron chi connectivity index (χ2n) is 5.49. The van der Waals surface area contributed by atoms with E-state index in [2.05, 4.69) is 20.1 Å². The highest BCUT2D eigenvalue weighted by molar-refractivity contribution is 5.94. The Balaban J connectivity index is 4.24. The summed E-state index contributed by atoms with van der Waals surface area (Å²) in [5.41, 5.74) is 1.22. The number of ketones is 1. The molecule has 1 amide bonds. The molecule has 0 unspecified atom stereocenters. The van der Waals surface area contributed by atoms with E-state index in [4.69, 9.17) is 0 Å². The van der Waals surface area contributed by atoms with Crippen molar-refractivity contribution in [3.8, 4) is 0 Å². The van der Waals surface area contributed by atoms with E-state index in [-0.39, 0.29) is 11.7 Å². The van der Waals surface area contributed by atoms with E-state index in [1.165, 1.54) is 0 Å². The molecule has 0 aromatic rings. The minimum Gasteiger partial charge on any atom is -0.339 e. The van der Waals surface area contributed by atoms with Gasteiger partial charge in [-0.25, -0.2) is 0 Å². The van der Waals surface area contributed by atoms with Crippen LogP contribution >= 0.6 is 0 Å². The number of nitrogens with zero attached hydrogens (tertiary/aromatic N) is 1. The van der Waals surface area contributed by atoms with Crippen molar-refractivity contribution < 1.29 is 9.59 Å². The van der Waals surface area contributed by atoms with Crippen molar-refractivity contribution in [3.63, 3.8) is 0 Å². The van der Waals surface area contributed by atoms with Crippen LogP contribution in [0.4, 0.5) is 0 Å². The molecular weight excluding hydrogens is 250 g/mol. The second kappa shape index (κ2) is 9.51. The first-order valence-electron chi connectivity index (χ1n) is 7.46. The molecule has 0 spiro atoms. The van der Waals surface area contributed by atoms with Gasteiger partial charge in [-0.15, -0.1) is 0 Å². The largest absolute Gasteiger partial charge is 0.339 e. The Kier molecular flexibility index (Phi) is 8.86. The number of amides is 1. The average molecular weight is 279 g/mol. The normalized spacial score (nSPS) is 11.8. The van der Waals surface area contributed by atoms with E-state index in [1.807, 2.05) is 11.8 Å². The maximum Gasteiger partial charge on any atom is 0.248 e. The zero-order chi connectivity index (χ0) is 15.7. The first kappa shape index (κ1) is 18.6. The molecule has 0 rings (SSSR count). The molecule has 0 bridgehead atoms. The standard InChI is InChI=1S/C17H29NO2/c1-7-15(12-16(19)13(3)4)10-9-11-18(8-2)17(20)14(5)6/h15H,3,5,7-12H2,1-2,4,6H3/t15-/m0/s1. The van der Waals surface area contributed by atoms with Crippen LogP contribution in [-0.4, -0.2) is 29.7 Å². The van der Waals surface area contributed by atoms with Crippen molar-refractivity contribution in [2.24, 2.45) is 5.92 Å². The van der Waals surface area contributed by atoms with Crippen LogP contribution < -0.4 is 0 Å². The van der Waals surface area contributed by atoms with Gasteiger partial charge in [-0.1, -0.05) is 26.5 Å². The predicted molar refractivity (Wildman–Crippen MR) is 84.5 cm³/mol. The van der Waals surface area contributed by atoms with Crippen LogP contribution in [0.1, 0.15) is 53.4 Å². The molecule has 0 saturated heterocycles. The van der Waals surface area contributed by atoms with Crippen molar-refractivity contribution in [2.45, 2.75) is 53.4 Å². The molecule has 3 nitrogen and oxygen atoms in total. The smallest absolute Gasteiger partial charge is 0.248 e. The number of carbonyl (C=O) groups is 2. The van der Waals surface area contributed by atoms with Crippen LogP contribution in [0.3, 0.4) is 0 Å². The molecule has 0 aromatic heterocycles. The number of rotatable bonds is 10. The first-order chi connectivity index (χ1) is 9.33. The molecule has 1 atom stereocenters. The van der Waals surface area contributed by atoms with E-state index in [9.17, 15) is 9.59 Å². The molecule has 0 heterocycles. The number of likely N-dealkylation sites (N-methyl/N-ethyl adjacent to an activating group) is 1. The van der Waals surface area contributed by atoms with Gasteiger partial charge in [-0.05, 0) is 45.1 Å². The van der Waals surface area contributed by atoms with Gasteiger partial charge in [0, 0.05) is 25.1 Å². The number of hydrogen-bond donors (Lipinski definition) is 0. The fraction of sp³-hybridized carbons (Fsp3) is 0.647. The van der Waals surface area contributed by atoms with E-state index in [0.717, 1.165) is 25.8 Å². The van der Waals surface area contributed by atoms with Crippen LogP contribution in [-0.2, 0) is 9.59 Å². The molecule has 0 aliphatic heterocycles. The minimum absolute atomic E-state index is 0.0264. The Hall–Kier alpha value is -1.38. The van der Waals surface area contributed by atoms with E-state index in [0.29, 0.717) is 30.0 Å². The van der Waals surface area contributed by atoms with Crippen molar-refractivity contribution in [1.29, 1.82) is 0 Å². The fourth-order valence-electron chi connectivity index (χ4n) is 2.13. The van der Waals surface area contributed by atoms with Gasteiger partial charge < -0.3 is 4.90 Å². The van der Waals surface area contributed by atoms with Crippen molar-refractivity contribution in [1.82, 2.24) is 4.90 Å². The van der Waals surface area contributed by atoms with Gasteiger partial charge in [0.05, 0.1) is 0 Å². The third-order valence-corrected chi connectivity index (χ3v) is 3.60. The Morgan fingerprint density at radius 3 is 2.10 bits per heavy atom. The summed E-state index contributed by atoms with van der Waals surface area (Å²) in [4.78, 5) is 25.3. The molecule has 0 N–H and O–H groups in total. The Labute approximate surface area is 123 Å². The van der Waals surface area contributed by atoms with Crippen LogP contribution in [0.5, 0.6) is 0 Å². The van der Waals surface area contributed by atoms with Crippen LogP contribution in [0.2, 0.25) is 0 Å². The van der Waals surface area contributed by atoms with E-state index in [1.54, 1.807) is 13.8 Å². The van der Waals surface area contributed by atoms with Gasteiger partial charge in [-0.2, -0.15) is 0 Å². The van der Waals surface area contributed by atoms with Gasteiger partial charge in [-0.3, -0.25) is 9.59 Å². The highest BCUT2D eigenvalue weighted by Gasteiger charge is 2.15. The number of hydrogen-bond acceptors (Lipinski definition) is 2.